The van der Waals surface area contributed by atoms with Crippen molar-refractivity contribution in [1.29, 1.82) is 0 Å². The fourth-order valence-electron chi connectivity index (χ4n) is 2.64. The summed E-state index contributed by atoms with van der Waals surface area (Å²) in [6.07, 6.45) is 1.04. The van der Waals surface area contributed by atoms with Gasteiger partial charge in [0, 0.05) is 5.69 Å². The van der Waals surface area contributed by atoms with Gasteiger partial charge in [0.2, 0.25) is 5.13 Å². The molecule has 0 bridgehead atoms. The van der Waals surface area contributed by atoms with Crippen LogP contribution in [0.25, 0.3) is 0 Å². The molecule has 1 aromatic heterocycles. The maximum Gasteiger partial charge on any atom is 0.325 e. The van der Waals surface area contributed by atoms with Crippen molar-refractivity contribution in [2.24, 2.45) is 0 Å². The van der Waals surface area contributed by atoms with Gasteiger partial charge in [0.1, 0.15) is 12.4 Å². The quantitative estimate of drug-likeness (QED) is 0.546. The van der Waals surface area contributed by atoms with Gasteiger partial charge in [0.25, 0.3) is 0 Å². The lowest BCUT2D eigenvalue weighted by Crippen LogP contribution is -2.19. The maximum absolute atomic E-state index is 12.1. The van der Waals surface area contributed by atoms with Crippen LogP contribution in [0.2, 0.25) is 0 Å². The fourth-order valence-corrected chi connectivity index (χ4v) is 3.29. The highest BCUT2D eigenvalue weighted by Gasteiger charge is 2.12. The van der Waals surface area contributed by atoms with Gasteiger partial charge in [-0.2, -0.15) is 0 Å². The first-order chi connectivity index (χ1) is 13.5. The molecule has 1 atom stereocenters. The number of nitrogens with one attached hydrogen (secondary N) is 2. The topological polar surface area (TPSA) is 76.1 Å². The molecule has 2 N–H and O–H groups in total. The SMILES string of the molecule is CC[C@H](C)c1ccccc1OCc1nnc(NC(=O)Nc2ccc(C)cc2)s1. The van der Waals surface area contributed by atoms with Gasteiger partial charge in [-0.15, -0.1) is 10.2 Å². The van der Waals surface area contributed by atoms with E-state index in [4.69, 9.17) is 4.74 Å². The van der Waals surface area contributed by atoms with Crippen LogP contribution in [-0.2, 0) is 6.61 Å². The smallest absolute Gasteiger partial charge is 0.325 e. The van der Waals surface area contributed by atoms with E-state index in [0.29, 0.717) is 22.7 Å². The van der Waals surface area contributed by atoms with E-state index in [1.807, 2.05) is 49.4 Å². The second-order valence-electron chi connectivity index (χ2n) is 6.58. The molecule has 0 aliphatic carbocycles. The van der Waals surface area contributed by atoms with Crippen molar-refractivity contribution in [2.75, 3.05) is 10.6 Å². The Morgan fingerprint density at radius 2 is 1.86 bits per heavy atom. The number of hydrogen-bond donors (Lipinski definition) is 2. The summed E-state index contributed by atoms with van der Waals surface area (Å²) in [5.41, 5.74) is 3.04. The first-order valence-electron chi connectivity index (χ1n) is 9.24. The van der Waals surface area contributed by atoms with Gasteiger partial charge in [0.05, 0.1) is 0 Å². The summed E-state index contributed by atoms with van der Waals surface area (Å²) in [6.45, 7) is 6.65. The van der Waals surface area contributed by atoms with E-state index in [2.05, 4.69) is 40.7 Å². The third-order valence-electron chi connectivity index (χ3n) is 4.41. The zero-order valence-electron chi connectivity index (χ0n) is 16.2. The van der Waals surface area contributed by atoms with Crippen molar-refractivity contribution in [3.05, 3.63) is 64.7 Å². The van der Waals surface area contributed by atoms with Gasteiger partial charge in [-0.25, -0.2) is 4.79 Å². The molecule has 0 unspecified atom stereocenters. The first-order valence-corrected chi connectivity index (χ1v) is 10.1. The van der Waals surface area contributed by atoms with Crippen molar-refractivity contribution >= 4 is 28.2 Å². The van der Waals surface area contributed by atoms with Crippen LogP contribution in [0, 0.1) is 6.92 Å². The monoisotopic (exact) mass is 396 g/mol. The Bertz CT molecular complexity index is 924. The minimum Gasteiger partial charge on any atom is -0.486 e. The van der Waals surface area contributed by atoms with E-state index in [1.165, 1.54) is 16.9 Å². The number of benzene rings is 2. The summed E-state index contributed by atoms with van der Waals surface area (Å²) in [5.74, 6) is 1.28. The third-order valence-corrected chi connectivity index (χ3v) is 5.22. The highest BCUT2D eigenvalue weighted by molar-refractivity contribution is 7.15. The van der Waals surface area contributed by atoms with Gasteiger partial charge in [-0.05, 0) is 43.0 Å². The number of amides is 2. The van der Waals surface area contributed by atoms with Crippen LogP contribution in [-0.4, -0.2) is 16.2 Å². The molecule has 146 valence electrons. The number of hydrogen-bond acceptors (Lipinski definition) is 5. The van der Waals surface area contributed by atoms with Crippen molar-refractivity contribution in [1.82, 2.24) is 10.2 Å². The zero-order valence-corrected chi connectivity index (χ0v) is 17.0. The zero-order chi connectivity index (χ0) is 19.9. The van der Waals surface area contributed by atoms with Crippen molar-refractivity contribution in [3.63, 3.8) is 0 Å². The van der Waals surface area contributed by atoms with E-state index in [9.17, 15) is 4.79 Å². The maximum atomic E-state index is 12.1. The lowest BCUT2D eigenvalue weighted by molar-refractivity contribution is 0.262. The van der Waals surface area contributed by atoms with Gasteiger partial charge in [-0.3, -0.25) is 5.32 Å². The van der Waals surface area contributed by atoms with E-state index in [-0.39, 0.29) is 6.03 Å². The molecule has 3 aromatic rings. The molecule has 6 nitrogen and oxygen atoms in total. The third kappa shape index (κ3) is 5.29. The largest absolute Gasteiger partial charge is 0.486 e. The number of urea groups is 1. The number of aromatic nitrogens is 2. The second kappa shape index (κ2) is 9.32. The van der Waals surface area contributed by atoms with Gasteiger partial charge in [0.15, 0.2) is 5.01 Å². The summed E-state index contributed by atoms with van der Waals surface area (Å²) < 4.78 is 5.95. The van der Waals surface area contributed by atoms with Crippen LogP contribution in [0.1, 0.15) is 42.3 Å². The van der Waals surface area contributed by atoms with Gasteiger partial charge >= 0.3 is 6.03 Å². The number of carbonyl (C=O) groups excluding carboxylic acids is 1. The molecule has 28 heavy (non-hydrogen) atoms. The molecule has 0 saturated heterocycles. The van der Waals surface area contributed by atoms with E-state index < -0.39 is 0 Å². The molecular formula is C21H24N4O2S. The van der Waals surface area contributed by atoms with E-state index in [0.717, 1.165) is 23.4 Å². The number of nitrogens with zero attached hydrogens (tertiary/aromatic N) is 2. The average molecular weight is 397 g/mol. The molecule has 0 aliphatic heterocycles. The predicted octanol–water partition coefficient (Wildman–Crippen LogP) is 5.58. The molecule has 0 spiro atoms. The second-order valence-corrected chi connectivity index (χ2v) is 7.64. The van der Waals surface area contributed by atoms with Crippen LogP contribution >= 0.6 is 11.3 Å². The molecule has 3 rings (SSSR count). The number of carbonyl (C=O) groups is 1. The first kappa shape index (κ1) is 19.8. The van der Waals surface area contributed by atoms with E-state index in [1.54, 1.807) is 0 Å². The molecule has 0 aliphatic rings. The standard InChI is InChI=1S/C21H24N4O2S/c1-4-15(3)17-7-5-6-8-18(17)27-13-19-24-25-21(28-19)23-20(26)22-16-11-9-14(2)10-12-16/h5-12,15H,4,13H2,1-3H3,(H2,22,23,25,26)/t15-/m0/s1. The lowest BCUT2D eigenvalue weighted by atomic mass is 9.98. The molecule has 0 fully saturated rings. The van der Waals surface area contributed by atoms with Crippen LogP contribution in [0.5, 0.6) is 5.75 Å². The van der Waals surface area contributed by atoms with Crippen molar-refractivity contribution in [2.45, 2.75) is 39.7 Å². The van der Waals surface area contributed by atoms with Crippen LogP contribution < -0.4 is 15.4 Å². The summed E-state index contributed by atoms with van der Waals surface area (Å²) in [7, 11) is 0. The Morgan fingerprint density at radius 3 is 2.61 bits per heavy atom. The Kier molecular flexibility index (Phi) is 6.60. The summed E-state index contributed by atoms with van der Waals surface area (Å²) in [4.78, 5) is 12.1. The predicted molar refractivity (Wildman–Crippen MR) is 113 cm³/mol. The number of anilines is 2. The summed E-state index contributed by atoms with van der Waals surface area (Å²) in [6, 6.07) is 15.3. The highest BCUT2D eigenvalue weighted by atomic mass is 32.1. The average Bonchev–Trinajstić information content (AvgIpc) is 3.15. The lowest BCUT2D eigenvalue weighted by Gasteiger charge is -2.14. The summed E-state index contributed by atoms with van der Waals surface area (Å²) in [5, 5.41) is 14.7. The highest BCUT2D eigenvalue weighted by Crippen LogP contribution is 2.29. The van der Waals surface area contributed by atoms with Crippen LogP contribution in [0.3, 0.4) is 0 Å². The number of ether oxygens (including phenoxy) is 1. The molecule has 1 heterocycles. The van der Waals surface area contributed by atoms with Crippen molar-refractivity contribution in [3.8, 4) is 5.75 Å². The Balaban J connectivity index is 1.56. The minimum atomic E-state index is -0.352. The Hall–Kier alpha value is -2.93. The van der Waals surface area contributed by atoms with Gasteiger partial charge < -0.3 is 10.1 Å². The Morgan fingerprint density at radius 1 is 1.11 bits per heavy atom. The number of aryl methyl sites for hydroxylation is 1. The summed E-state index contributed by atoms with van der Waals surface area (Å²) >= 11 is 1.29. The molecular weight excluding hydrogens is 372 g/mol. The van der Waals surface area contributed by atoms with Gasteiger partial charge in [-0.1, -0.05) is 61.1 Å². The molecule has 0 radical (unpaired) electrons. The normalized spacial score (nSPS) is 11.7. The van der Waals surface area contributed by atoms with Crippen molar-refractivity contribution < 1.29 is 9.53 Å². The number of rotatable bonds is 7. The fraction of sp³-hybridized carbons (Fsp3) is 0.286. The Labute approximate surface area is 169 Å². The minimum absolute atomic E-state index is 0.312. The molecule has 2 amide bonds. The molecule has 2 aromatic carbocycles. The van der Waals surface area contributed by atoms with Crippen LogP contribution in [0.4, 0.5) is 15.6 Å². The molecule has 7 heteroatoms. The number of para-hydroxylation sites is 1. The van der Waals surface area contributed by atoms with Crippen LogP contribution in [0.15, 0.2) is 48.5 Å². The van der Waals surface area contributed by atoms with E-state index >= 15 is 0 Å². The molecule has 0 saturated carbocycles.